The maximum atomic E-state index is 12.5. The van der Waals surface area contributed by atoms with E-state index < -0.39 is 17.8 Å². The first kappa shape index (κ1) is 18.6. The highest BCUT2D eigenvalue weighted by Gasteiger charge is 2.30. The molecule has 4 nitrogen and oxygen atoms in total. The normalized spacial score (nSPS) is 12.4. The van der Waals surface area contributed by atoms with Gasteiger partial charge in [-0.1, -0.05) is 0 Å². The molecule has 0 saturated heterocycles. The Labute approximate surface area is 144 Å². The SMILES string of the molecule is CCOc1ccc(N[C@@H](C)C(=O)Nc2ccc(C(F)(F)F)cc2)cc1. The zero-order chi connectivity index (χ0) is 18.4. The number of alkyl halides is 3. The van der Waals surface area contributed by atoms with Gasteiger partial charge in [-0.3, -0.25) is 4.79 Å². The number of carbonyl (C=O) groups is 1. The van der Waals surface area contributed by atoms with E-state index in [2.05, 4.69) is 10.6 Å². The van der Waals surface area contributed by atoms with Gasteiger partial charge in [-0.2, -0.15) is 13.2 Å². The molecule has 2 N–H and O–H groups in total. The quantitative estimate of drug-likeness (QED) is 0.802. The van der Waals surface area contributed by atoms with Crippen LogP contribution in [0.15, 0.2) is 48.5 Å². The van der Waals surface area contributed by atoms with Crippen LogP contribution in [0.4, 0.5) is 24.5 Å². The average molecular weight is 352 g/mol. The van der Waals surface area contributed by atoms with Crippen LogP contribution < -0.4 is 15.4 Å². The largest absolute Gasteiger partial charge is 0.494 e. The highest BCUT2D eigenvalue weighted by atomic mass is 19.4. The van der Waals surface area contributed by atoms with Crippen LogP contribution >= 0.6 is 0 Å². The van der Waals surface area contributed by atoms with Crippen molar-refractivity contribution in [2.45, 2.75) is 26.1 Å². The minimum absolute atomic E-state index is 0.304. The first-order valence-corrected chi connectivity index (χ1v) is 7.77. The number of ether oxygens (including phenoxy) is 1. The van der Waals surface area contributed by atoms with Crippen molar-refractivity contribution < 1.29 is 22.7 Å². The van der Waals surface area contributed by atoms with Crippen LogP contribution in [0.5, 0.6) is 5.75 Å². The highest BCUT2D eigenvalue weighted by molar-refractivity contribution is 5.96. The number of anilines is 2. The van der Waals surface area contributed by atoms with E-state index in [-0.39, 0.29) is 5.91 Å². The van der Waals surface area contributed by atoms with Gasteiger partial charge in [0, 0.05) is 11.4 Å². The predicted octanol–water partition coefficient (Wildman–Crippen LogP) is 4.54. The Balaban J connectivity index is 1.93. The summed E-state index contributed by atoms with van der Waals surface area (Å²) in [5.74, 6) is 0.378. The van der Waals surface area contributed by atoms with E-state index in [4.69, 9.17) is 4.74 Å². The molecule has 0 aromatic heterocycles. The predicted molar refractivity (Wildman–Crippen MR) is 90.8 cm³/mol. The molecule has 0 radical (unpaired) electrons. The average Bonchev–Trinajstić information content (AvgIpc) is 2.56. The number of rotatable bonds is 6. The number of carbonyl (C=O) groups excluding carboxylic acids is 1. The molecule has 1 amide bonds. The molecular weight excluding hydrogens is 333 g/mol. The third kappa shape index (κ3) is 5.41. The summed E-state index contributed by atoms with van der Waals surface area (Å²) in [6, 6.07) is 10.9. The Hall–Kier alpha value is -2.70. The first-order chi connectivity index (χ1) is 11.8. The first-order valence-electron chi connectivity index (χ1n) is 7.77. The molecule has 1 atom stereocenters. The maximum Gasteiger partial charge on any atom is 0.416 e. The molecule has 25 heavy (non-hydrogen) atoms. The monoisotopic (exact) mass is 352 g/mol. The molecular formula is C18H19F3N2O2. The van der Waals surface area contributed by atoms with Gasteiger partial charge in [-0.05, 0) is 62.4 Å². The summed E-state index contributed by atoms with van der Waals surface area (Å²) >= 11 is 0. The van der Waals surface area contributed by atoms with Crippen molar-refractivity contribution >= 4 is 17.3 Å². The van der Waals surface area contributed by atoms with Gasteiger partial charge < -0.3 is 15.4 Å². The minimum Gasteiger partial charge on any atom is -0.494 e. The van der Waals surface area contributed by atoms with Crippen LogP contribution in [0.25, 0.3) is 0 Å². The van der Waals surface area contributed by atoms with Crippen molar-refractivity contribution in [3.63, 3.8) is 0 Å². The molecule has 0 fully saturated rings. The molecule has 0 saturated carbocycles. The fraction of sp³-hybridized carbons (Fsp3) is 0.278. The highest BCUT2D eigenvalue weighted by Crippen LogP contribution is 2.29. The van der Waals surface area contributed by atoms with Gasteiger partial charge in [0.1, 0.15) is 11.8 Å². The lowest BCUT2D eigenvalue weighted by molar-refractivity contribution is -0.137. The molecule has 2 aromatic carbocycles. The van der Waals surface area contributed by atoms with Crippen LogP contribution in [0.1, 0.15) is 19.4 Å². The number of nitrogens with one attached hydrogen (secondary N) is 2. The van der Waals surface area contributed by atoms with Crippen LogP contribution in [0, 0.1) is 0 Å². The molecule has 2 rings (SSSR count). The summed E-state index contributed by atoms with van der Waals surface area (Å²) < 4.78 is 42.9. The van der Waals surface area contributed by atoms with Gasteiger partial charge >= 0.3 is 6.18 Å². The third-order valence-electron chi connectivity index (χ3n) is 3.42. The lowest BCUT2D eigenvalue weighted by Gasteiger charge is -2.16. The summed E-state index contributed by atoms with van der Waals surface area (Å²) in [6.45, 7) is 4.12. The van der Waals surface area contributed by atoms with Crippen LogP contribution in [-0.2, 0) is 11.0 Å². The molecule has 0 heterocycles. The second kappa shape index (κ2) is 7.92. The molecule has 134 valence electrons. The Kier molecular flexibility index (Phi) is 5.90. The van der Waals surface area contributed by atoms with E-state index >= 15 is 0 Å². The number of amides is 1. The Morgan fingerprint density at radius 3 is 2.12 bits per heavy atom. The summed E-state index contributed by atoms with van der Waals surface area (Å²) in [5.41, 5.74) is 0.280. The topological polar surface area (TPSA) is 50.4 Å². The van der Waals surface area contributed by atoms with Gasteiger partial charge in [-0.15, -0.1) is 0 Å². The number of hydrogen-bond donors (Lipinski definition) is 2. The fourth-order valence-electron chi connectivity index (χ4n) is 2.12. The van der Waals surface area contributed by atoms with Gasteiger partial charge in [0.15, 0.2) is 0 Å². The number of halogens is 3. The van der Waals surface area contributed by atoms with Crippen LogP contribution in [-0.4, -0.2) is 18.6 Å². The molecule has 0 unspecified atom stereocenters. The van der Waals surface area contributed by atoms with E-state index in [9.17, 15) is 18.0 Å². The van der Waals surface area contributed by atoms with E-state index in [0.29, 0.717) is 12.3 Å². The van der Waals surface area contributed by atoms with Crippen molar-refractivity contribution in [3.8, 4) is 5.75 Å². The summed E-state index contributed by atoms with van der Waals surface area (Å²) in [5, 5.41) is 5.60. The van der Waals surface area contributed by atoms with E-state index in [0.717, 1.165) is 23.6 Å². The zero-order valence-electron chi connectivity index (χ0n) is 13.9. The molecule has 0 aliphatic rings. The Bertz CT molecular complexity index is 698. The second-order valence-corrected chi connectivity index (χ2v) is 5.39. The number of benzene rings is 2. The van der Waals surface area contributed by atoms with Crippen molar-refractivity contribution in [1.82, 2.24) is 0 Å². The molecule has 0 aliphatic heterocycles. The summed E-state index contributed by atoms with van der Waals surface area (Å²) in [7, 11) is 0. The van der Waals surface area contributed by atoms with Gasteiger partial charge in [0.05, 0.1) is 12.2 Å². The van der Waals surface area contributed by atoms with Crippen molar-refractivity contribution in [2.24, 2.45) is 0 Å². The van der Waals surface area contributed by atoms with E-state index in [1.807, 2.05) is 6.92 Å². The fourth-order valence-corrected chi connectivity index (χ4v) is 2.12. The van der Waals surface area contributed by atoms with E-state index in [1.54, 1.807) is 31.2 Å². The standard InChI is InChI=1S/C18H19F3N2O2/c1-3-25-16-10-8-14(9-11-16)22-12(2)17(24)23-15-6-4-13(5-7-15)18(19,20)21/h4-12,22H,3H2,1-2H3,(H,23,24)/t12-/m0/s1. The molecule has 2 aromatic rings. The zero-order valence-corrected chi connectivity index (χ0v) is 13.9. The smallest absolute Gasteiger partial charge is 0.416 e. The molecule has 0 spiro atoms. The van der Waals surface area contributed by atoms with Crippen molar-refractivity contribution in [2.75, 3.05) is 17.2 Å². The summed E-state index contributed by atoms with van der Waals surface area (Å²) in [4.78, 5) is 12.1. The van der Waals surface area contributed by atoms with Gasteiger partial charge in [0.2, 0.25) is 5.91 Å². The van der Waals surface area contributed by atoms with Gasteiger partial charge in [0.25, 0.3) is 0 Å². The maximum absolute atomic E-state index is 12.5. The van der Waals surface area contributed by atoms with Crippen molar-refractivity contribution in [1.29, 1.82) is 0 Å². The summed E-state index contributed by atoms with van der Waals surface area (Å²) in [6.07, 6.45) is -4.40. The third-order valence-corrected chi connectivity index (χ3v) is 3.42. The van der Waals surface area contributed by atoms with Gasteiger partial charge in [-0.25, -0.2) is 0 Å². The minimum atomic E-state index is -4.40. The van der Waals surface area contributed by atoms with E-state index in [1.165, 1.54) is 12.1 Å². The lowest BCUT2D eigenvalue weighted by Crippen LogP contribution is -2.31. The Morgan fingerprint density at radius 2 is 1.60 bits per heavy atom. The number of hydrogen-bond acceptors (Lipinski definition) is 3. The lowest BCUT2D eigenvalue weighted by atomic mass is 10.2. The Morgan fingerprint density at radius 1 is 1.04 bits per heavy atom. The molecule has 7 heteroatoms. The second-order valence-electron chi connectivity index (χ2n) is 5.39. The molecule has 0 aliphatic carbocycles. The van der Waals surface area contributed by atoms with Crippen LogP contribution in [0.3, 0.4) is 0 Å². The van der Waals surface area contributed by atoms with Crippen LogP contribution in [0.2, 0.25) is 0 Å². The van der Waals surface area contributed by atoms with Crippen molar-refractivity contribution in [3.05, 3.63) is 54.1 Å². The molecule has 0 bridgehead atoms.